The first-order valence-corrected chi connectivity index (χ1v) is 7.69. The highest BCUT2D eigenvalue weighted by atomic mass is 16.5. The largest absolute Gasteiger partial charge is 0.497 e. The molecule has 1 N–H and O–H groups in total. The Morgan fingerprint density at radius 1 is 1.33 bits per heavy atom. The first kappa shape index (κ1) is 14.4. The van der Waals surface area contributed by atoms with E-state index in [1.54, 1.807) is 19.2 Å². The van der Waals surface area contributed by atoms with Gasteiger partial charge in [0, 0.05) is 6.61 Å². The first-order valence-electron chi connectivity index (χ1n) is 7.69. The smallest absolute Gasteiger partial charge is 0.335 e. The van der Waals surface area contributed by atoms with Crippen molar-refractivity contribution in [2.75, 3.05) is 13.7 Å². The summed E-state index contributed by atoms with van der Waals surface area (Å²) in [6.07, 6.45) is 6.37. The maximum Gasteiger partial charge on any atom is 0.335 e. The number of hydrogen-bond donors (Lipinski definition) is 1. The van der Waals surface area contributed by atoms with Gasteiger partial charge in [-0.1, -0.05) is 0 Å². The highest BCUT2D eigenvalue weighted by Gasteiger charge is 2.39. The Morgan fingerprint density at radius 3 is 2.67 bits per heavy atom. The Hall–Kier alpha value is -1.55. The van der Waals surface area contributed by atoms with Crippen LogP contribution in [0.2, 0.25) is 0 Å². The zero-order valence-corrected chi connectivity index (χ0v) is 12.4. The Labute approximate surface area is 125 Å². The molecule has 1 aromatic rings. The van der Waals surface area contributed by atoms with Gasteiger partial charge in [0.05, 0.1) is 18.3 Å². The topological polar surface area (TPSA) is 55.8 Å². The van der Waals surface area contributed by atoms with Crippen molar-refractivity contribution in [3.05, 3.63) is 29.3 Å². The summed E-state index contributed by atoms with van der Waals surface area (Å²) < 4.78 is 11.2. The van der Waals surface area contributed by atoms with Gasteiger partial charge in [0.15, 0.2) is 0 Å². The third kappa shape index (κ3) is 2.77. The number of carboxylic acids is 1. The minimum Gasteiger partial charge on any atom is -0.497 e. The first-order chi connectivity index (χ1) is 10.1. The molecule has 1 aliphatic heterocycles. The molecule has 0 unspecified atom stereocenters. The van der Waals surface area contributed by atoms with Crippen molar-refractivity contribution >= 4 is 5.97 Å². The van der Waals surface area contributed by atoms with Crippen LogP contribution in [-0.2, 0) is 4.74 Å². The Kier molecular flexibility index (Phi) is 3.89. The molecule has 1 spiro atoms. The fourth-order valence-electron chi connectivity index (χ4n) is 3.80. The van der Waals surface area contributed by atoms with Gasteiger partial charge < -0.3 is 14.6 Å². The molecule has 0 aromatic heterocycles. The lowest BCUT2D eigenvalue weighted by Gasteiger charge is -2.37. The van der Waals surface area contributed by atoms with E-state index in [1.807, 2.05) is 6.07 Å². The highest BCUT2D eigenvalue weighted by Crippen LogP contribution is 2.45. The fraction of sp³-hybridized carbons (Fsp3) is 0.588. The Morgan fingerprint density at radius 2 is 2.10 bits per heavy atom. The van der Waals surface area contributed by atoms with E-state index in [0.717, 1.165) is 56.4 Å². The number of benzene rings is 1. The summed E-state index contributed by atoms with van der Waals surface area (Å²) >= 11 is 0. The molecule has 0 atom stereocenters. The van der Waals surface area contributed by atoms with E-state index in [0.29, 0.717) is 11.5 Å². The predicted octanol–water partition coefficient (Wildman–Crippen LogP) is 3.60. The molecular weight excluding hydrogens is 268 g/mol. The standard InChI is InChI=1S/C17H22O4/c1-20-13-3-4-14(16(18)19)15(11-13)12-5-8-17(9-6-12)7-2-10-21-17/h3-4,11-12H,2,5-10H2,1H3,(H,18,19). The van der Waals surface area contributed by atoms with E-state index < -0.39 is 5.97 Å². The van der Waals surface area contributed by atoms with Crippen molar-refractivity contribution in [2.24, 2.45) is 0 Å². The molecule has 1 heterocycles. The molecule has 1 aliphatic carbocycles. The molecule has 4 nitrogen and oxygen atoms in total. The van der Waals surface area contributed by atoms with Crippen LogP contribution in [0.3, 0.4) is 0 Å². The van der Waals surface area contributed by atoms with Crippen LogP contribution in [0.5, 0.6) is 5.75 Å². The van der Waals surface area contributed by atoms with Crippen LogP contribution in [0.1, 0.15) is 60.4 Å². The third-order valence-corrected chi connectivity index (χ3v) is 5.01. The summed E-state index contributed by atoms with van der Waals surface area (Å²) in [5.74, 6) is 0.165. The zero-order chi connectivity index (χ0) is 14.9. The third-order valence-electron chi connectivity index (χ3n) is 5.01. The van der Waals surface area contributed by atoms with E-state index in [9.17, 15) is 9.90 Å². The molecule has 21 heavy (non-hydrogen) atoms. The number of carboxylic acid groups (broad SMARTS) is 1. The van der Waals surface area contributed by atoms with Crippen molar-refractivity contribution in [1.82, 2.24) is 0 Å². The van der Waals surface area contributed by atoms with Crippen LogP contribution in [0.15, 0.2) is 18.2 Å². The van der Waals surface area contributed by atoms with Crippen molar-refractivity contribution in [3.8, 4) is 5.75 Å². The average molecular weight is 290 g/mol. The quantitative estimate of drug-likeness (QED) is 0.924. The summed E-state index contributed by atoms with van der Waals surface area (Å²) in [5, 5.41) is 9.40. The lowest BCUT2D eigenvalue weighted by atomic mass is 9.74. The van der Waals surface area contributed by atoms with Gasteiger partial charge in [-0.2, -0.15) is 0 Å². The minimum absolute atomic E-state index is 0.0821. The van der Waals surface area contributed by atoms with Gasteiger partial charge >= 0.3 is 5.97 Å². The van der Waals surface area contributed by atoms with Gasteiger partial charge in [-0.05, 0) is 68.2 Å². The molecule has 114 valence electrons. The molecule has 4 heteroatoms. The second-order valence-corrected chi connectivity index (χ2v) is 6.17. The lowest BCUT2D eigenvalue weighted by Crippen LogP contribution is -2.33. The zero-order valence-electron chi connectivity index (χ0n) is 12.4. The van der Waals surface area contributed by atoms with Crippen molar-refractivity contribution in [1.29, 1.82) is 0 Å². The van der Waals surface area contributed by atoms with Crippen LogP contribution < -0.4 is 4.74 Å². The van der Waals surface area contributed by atoms with Crippen LogP contribution in [0.25, 0.3) is 0 Å². The molecule has 0 amide bonds. The Bertz CT molecular complexity index is 522. The summed E-state index contributed by atoms with van der Waals surface area (Å²) in [5.41, 5.74) is 1.40. The lowest BCUT2D eigenvalue weighted by molar-refractivity contribution is -0.0282. The molecule has 0 bridgehead atoms. The molecule has 2 aliphatic rings. The normalized spacial score (nSPS) is 28.7. The van der Waals surface area contributed by atoms with E-state index >= 15 is 0 Å². The van der Waals surface area contributed by atoms with Gasteiger partial charge in [-0.3, -0.25) is 0 Å². The Balaban J connectivity index is 1.82. The molecule has 2 fully saturated rings. The van der Waals surface area contributed by atoms with E-state index in [2.05, 4.69) is 0 Å². The van der Waals surface area contributed by atoms with E-state index in [1.165, 1.54) is 0 Å². The van der Waals surface area contributed by atoms with Crippen LogP contribution in [0, 0.1) is 0 Å². The van der Waals surface area contributed by atoms with Crippen molar-refractivity contribution < 1.29 is 19.4 Å². The molecule has 1 saturated heterocycles. The maximum absolute atomic E-state index is 11.4. The van der Waals surface area contributed by atoms with Gasteiger partial charge in [0.25, 0.3) is 0 Å². The second kappa shape index (κ2) is 5.68. The molecule has 1 aromatic carbocycles. The molecular formula is C17H22O4. The molecule has 0 radical (unpaired) electrons. The number of hydrogen-bond acceptors (Lipinski definition) is 3. The minimum atomic E-state index is -0.856. The predicted molar refractivity (Wildman–Crippen MR) is 79.1 cm³/mol. The van der Waals surface area contributed by atoms with Gasteiger partial charge in [0.1, 0.15) is 5.75 Å². The van der Waals surface area contributed by atoms with E-state index in [4.69, 9.17) is 9.47 Å². The van der Waals surface area contributed by atoms with Crippen LogP contribution in [-0.4, -0.2) is 30.4 Å². The summed E-state index contributed by atoms with van der Waals surface area (Å²) in [6, 6.07) is 5.27. The maximum atomic E-state index is 11.4. The number of carbonyl (C=O) groups is 1. The van der Waals surface area contributed by atoms with Crippen molar-refractivity contribution in [3.63, 3.8) is 0 Å². The molecule has 1 saturated carbocycles. The fourth-order valence-corrected chi connectivity index (χ4v) is 3.80. The average Bonchev–Trinajstić information content (AvgIpc) is 2.95. The summed E-state index contributed by atoms with van der Waals surface area (Å²) in [6.45, 7) is 0.879. The van der Waals surface area contributed by atoms with Crippen LogP contribution in [0.4, 0.5) is 0 Å². The number of methoxy groups -OCH3 is 1. The van der Waals surface area contributed by atoms with Crippen molar-refractivity contribution in [2.45, 2.75) is 50.0 Å². The number of aromatic carboxylic acids is 1. The van der Waals surface area contributed by atoms with Crippen LogP contribution >= 0.6 is 0 Å². The monoisotopic (exact) mass is 290 g/mol. The van der Waals surface area contributed by atoms with Gasteiger partial charge in [0.2, 0.25) is 0 Å². The second-order valence-electron chi connectivity index (χ2n) is 6.17. The molecule has 3 rings (SSSR count). The van der Waals surface area contributed by atoms with E-state index in [-0.39, 0.29) is 5.60 Å². The highest BCUT2D eigenvalue weighted by molar-refractivity contribution is 5.89. The number of ether oxygens (including phenoxy) is 2. The van der Waals surface area contributed by atoms with Gasteiger partial charge in [-0.15, -0.1) is 0 Å². The SMILES string of the molecule is COc1ccc(C(=O)O)c(C2CCC3(CCCO3)CC2)c1. The van der Waals surface area contributed by atoms with Gasteiger partial charge in [-0.25, -0.2) is 4.79 Å². The summed E-state index contributed by atoms with van der Waals surface area (Å²) in [4.78, 5) is 11.4. The number of rotatable bonds is 3. The summed E-state index contributed by atoms with van der Waals surface area (Å²) in [7, 11) is 1.61.